The van der Waals surface area contributed by atoms with Crippen LogP contribution in [0.5, 0.6) is 0 Å². The lowest BCUT2D eigenvalue weighted by atomic mass is 9.76. The highest BCUT2D eigenvalue weighted by atomic mass is 19.1. The summed E-state index contributed by atoms with van der Waals surface area (Å²) in [4.78, 5) is 24.1. The Bertz CT molecular complexity index is 614. The molecule has 0 aliphatic heterocycles. The van der Waals surface area contributed by atoms with Crippen LogP contribution in [0.1, 0.15) is 46.1 Å². The van der Waals surface area contributed by atoms with E-state index in [0.717, 1.165) is 0 Å². The number of aliphatic carboxylic acids is 1. The van der Waals surface area contributed by atoms with Gasteiger partial charge in [-0.2, -0.15) is 0 Å². The fourth-order valence-corrected chi connectivity index (χ4v) is 2.62. The number of rotatable bonds is 9. The van der Waals surface area contributed by atoms with Gasteiger partial charge in [0.05, 0.1) is 0 Å². The number of hydrogen-bond acceptors (Lipinski definition) is 4. The van der Waals surface area contributed by atoms with Gasteiger partial charge in [-0.25, -0.2) is 9.18 Å². The van der Waals surface area contributed by atoms with Crippen molar-refractivity contribution in [1.82, 2.24) is 5.32 Å². The van der Waals surface area contributed by atoms with Gasteiger partial charge in [0.15, 0.2) is 0 Å². The molecule has 0 aromatic heterocycles. The molecule has 0 saturated heterocycles. The fraction of sp³-hybridized carbons (Fsp3) is 0.579. The molecule has 146 valence electrons. The summed E-state index contributed by atoms with van der Waals surface area (Å²) in [6, 6.07) is 5.71. The molecule has 0 fully saturated rings. The van der Waals surface area contributed by atoms with E-state index in [-0.39, 0.29) is 18.5 Å². The Hall–Kier alpha value is -2.15. The van der Waals surface area contributed by atoms with E-state index >= 15 is 0 Å². The average molecular weight is 369 g/mol. The predicted octanol–water partition coefficient (Wildman–Crippen LogP) is 3.49. The Morgan fingerprint density at radius 1 is 1.23 bits per heavy atom. The Morgan fingerprint density at radius 3 is 2.42 bits per heavy atom. The maximum Gasteiger partial charge on any atom is 0.407 e. The minimum Gasteiger partial charge on any atom is -0.481 e. The number of carbonyl (C=O) groups is 2. The first-order valence-corrected chi connectivity index (χ1v) is 8.65. The van der Waals surface area contributed by atoms with Crippen molar-refractivity contribution in [3.63, 3.8) is 0 Å². The lowest BCUT2D eigenvalue weighted by Crippen LogP contribution is -2.48. The van der Waals surface area contributed by atoms with Gasteiger partial charge in [0.1, 0.15) is 16.8 Å². The van der Waals surface area contributed by atoms with E-state index in [9.17, 15) is 19.1 Å². The first-order chi connectivity index (χ1) is 12.1. The van der Waals surface area contributed by atoms with Crippen LogP contribution in [0.4, 0.5) is 9.18 Å². The molecule has 1 amide bonds. The number of carboxylic acid groups (broad SMARTS) is 1. The zero-order chi connectivity index (χ0) is 19.8. The van der Waals surface area contributed by atoms with Gasteiger partial charge in [-0.1, -0.05) is 18.2 Å². The van der Waals surface area contributed by atoms with E-state index < -0.39 is 28.9 Å². The lowest BCUT2D eigenvalue weighted by molar-refractivity contribution is -0.144. The standard InChI is InChI=1S/C19H28FNO5/c1-5-25-12-8-11-19(16(22)23,14-9-6-7-10-15(14)20)13-21-17(24)26-18(2,3)4/h6-7,9-10H,5,8,11-13H2,1-4H3,(H,21,24)(H,22,23). The molecular weight excluding hydrogens is 341 g/mol. The predicted molar refractivity (Wildman–Crippen MR) is 95.7 cm³/mol. The third-order valence-electron chi connectivity index (χ3n) is 3.83. The highest BCUT2D eigenvalue weighted by molar-refractivity contribution is 5.83. The van der Waals surface area contributed by atoms with Crippen molar-refractivity contribution in [2.24, 2.45) is 0 Å². The van der Waals surface area contributed by atoms with Crippen LogP contribution in [0, 0.1) is 5.82 Å². The lowest BCUT2D eigenvalue weighted by Gasteiger charge is -2.31. The normalized spacial score (nSPS) is 13.7. The third kappa shape index (κ3) is 6.29. The van der Waals surface area contributed by atoms with E-state index in [2.05, 4.69) is 5.32 Å². The van der Waals surface area contributed by atoms with Crippen molar-refractivity contribution in [1.29, 1.82) is 0 Å². The van der Waals surface area contributed by atoms with Crippen LogP contribution in [0.15, 0.2) is 24.3 Å². The van der Waals surface area contributed by atoms with Gasteiger partial charge in [0, 0.05) is 25.3 Å². The number of carboxylic acids is 1. The number of hydrogen-bond donors (Lipinski definition) is 2. The molecule has 0 saturated carbocycles. The highest BCUT2D eigenvalue weighted by Crippen LogP contribution is 2.32. The number of ether oxygens (including phenoxy) is 2. The molecule has 1 aromatic rings. The summed E-state index contributed by atoms with van der Waals surface area (Å²) in [5, 5.41) is 12.4. The van der Waals surface area contributed by atoms with Crippen LogP contribution in [0.2, 0.25) is 0 Å². The minimum atomic E-state index is -1.61. The summed E-state index contributed by atoms with van der Waals surface area (Å²) in [6.07, 6.45) is -0.229. The SMILES string of the molecule is CCOCCCC(CNC(=O)OC(C)(C)C)(C(=O)O)c1ccccc1F. The van der Waals surface area contributed by atoms with E-state index in [1.807, 2.05) is 6.92 Å². The van der Waals surface area contributed by atoms with E-state index in [4.69, 9.17) is 9.47 Å². The second-order valence-electron chi connectivity index (χ2n) is 7.02. The van der Waals surface area contributed by atoms with Crippen molar-refractivity contribution in [3.05, 3.63) is 35.6 Å². The van der Waals surface area contributed by atoms with Crippen LogP contribution < -0.4 is 5.32 Å². The minimum absolute atomic E-state index is 0.0278. The molecule has 0 aliphatic rings. The average Bonchev–Trinajstić information content (AvgIpc) is 2.53. The number of halogens is 1. The summed E-state index contributed by atoms with van der Waals surface area (Å²) in [5.41, 5.74) is -2.30. The molecule has 2 N–H and O–H groups in total. The third-order valence-corrected chi connectivity index (χ3v) is 3.83. The fourth-order valence-electron chi connectivity index (χ4n) is 2.62. The molecule has 0 aliphatic carbocycles. The van der Waals surface area contributed by atoms with Crippen molar-refractivity contribution in [2.45, 2.75) is 51.6 Å². The summed E-state index contributed by atoms with van der Waals surface area (Å²) >= 11 is 0. The maximum absolute atomic E-state index is 14.4. The topological polar surface area (TPSA) is 84.9 Å². The summed E-state index contributed by atoms with van der Waals surface area (Å²) < 4.78 is 24.8. The summed E-state index contributed by atoms with van der Waals surface area (Å²) in [5.74, 6) is -1.84. The molecule has 1 atom stereocenters. The van der Waals surface area contributed by atoms with Gasteiger partial charge < -0.3 is 19.9 Å². The quantitative estimate of drug-likeness (QED) is 0.651. The van der Waals surface area contributed by atoms with E-state index in [0.29, 0.717) is 19.6 Å². The van der Waals surface area contributed by atoms with Gasteiger partial charge in [-0.3, -0.25) is 4.79 Å². The van der Waals surface area contributed by atoms with Crippen LogP contribution >= 0.6 is 0 Å². The smallest absolute Gasteiger partial charge is 0.407 e. The van der Waals surface area contributed by atoms with Crippen molar-refractivity contribution >= 4 is 12.1 Å². The highest BCUT2D eigenvalue weighted by Gasteiger charge is 2.42. The molecular formula is C19H28FNO5. The van der Waals surface area contributed by atoms with Crippen molar-refractivity contribution in [2.75, 3.05) is 19.8 Å². The molecule has 7 heteroatoms. The van der Waals surface area contributed by atoms with Gasteiger partial charge in [0.25, 0.3) is 0 Å². The van der Waals surface area contributed by atoms with Gasteiger partial charge in [-0.15, -0.1) is 0 Å². The second-order valence-corrected chi connectivity index (χ2v) is 7.02. The maximum atomic E-state index is 14.4. The molecule has 0 spiro atoms. The molecule has 26 heavy (non-hydrogen) atoms. The van der Waals surface area contributed by atoms with E-state index in [1.54, 1.807) is 26.8 Å². The molecule has 1 aromatic carbocycles. The molecule has 0 heterocycles. The largest absolute Gasteiger partial charge is 0.481 e. The summed E-state index contributed by atoms with van der Waals surface area (Å²) in [7, 11) is 0. The number of benzene rings is 1. The van der Waals surface area contributed by atoms with Gasteiger partial charge in [-0.05, 0) is 46.6 Å². The first-order valence-electron chi connectivity index (χ1n) is 8.65. The second kappa shape index (κ2) is 9.52. The van der Waals surface area contributed by atoms with Crippen molar-refractivity contribution < 1.29 is 28.6 Å². The molecule has 0 bridgehead atoms. The van der Waals surface area contributed by atoms with Crippen LogP contribution in [0.25, 0.3) is 0 Å². The Balaban J connectivity index is 3.08. The summed E-state index contributed by atoms with van der Waals surface area (Å²) in [6.45, 7) is 7.53. The Morgan fingerprint density at radius 2 is 1.88 bits per heavy atom. The molecule has 6 nitrogen and oxygen atoms in total. The van der Waals surface area contributed by atoms with Crippen LogP contribution in [-0.4, -0.2) is 42.5 Å². The number of alkyl carbamates (subject to hydrolysis) is 1. The molecule has 1 unspecified atom stereocenters. The molecule has 1 rings (SSSR count). The van der Waals surface area contributed by atoms with E-state index in [1.165, 1.54) is 18.2 Å². The number of nitrogens with one attached hydrogen (secondary N) is 1. The monoisotopic (exact) mass is 369 g/mol. The van der Waals surface area contributed by atoms with Gasteiger partial charge >= 0.3 is 12.1 Å². The Labute approximate surface area is 153 Å². The number of amides is 1. The van der Waals surface area contributed by atoms with Gasteiger partial charge in [0.2, 0.25) is 0 Å². The zero-order valence-corrected chi connectivity index (χ0v) is 15.8. The first kappa shape index (κ1) is 21.9. The number of carbonyl (C=O) groups excluding carboxylic acids is 1. The van der Waals surface area contributed by atoms with Crippen molar-refractivity contribution in [3.8, 4) is 0 Å². The zero-order valence-electron chi connectivity index (χ0n) is 15.8. The Kier molecular flexibility index (Phi) is 8.02. The van der Waals surface area contributed by atoms with Crippen LogP contribution in [-0.2, 0) is 19.7 Å². The molecule has 0 radical (unpaired) electrons. The van der Waals surface area contributed by atoms with Crippen LogP contribution in [0.3, 0.4) is 0 Å².